The molecule has 194 valence electrons. The second kappa shape index (κ2) is 10.8. The van der Waals surface area contributed by atoms with E-state index >= 15 is 0 Å². The predicted molar refractivity (Wildman–Crippen MR) is 160 cm³/mol. The van der Waals surface area contributed by atoms with Gasteiger partial charge in [0.15, 0.2) is 5.11 Å². The molecule has 0 saturated carbocycles. The highest BCUT2D eigenvalue weighted by Gasteiger charge is 2.42. The van der Waals surface area contributed by atoms with E-state index in [0.29, 0.717) is 5.11 Å². The van der Waals surface area contributed by atoms with Gasteiger partial charge in [-0.3, -0.25) is 4.98 Å². The maximum absolute atomic E-state index is 6.04. The quantitative estimate of drug-likeness (QED) is 0.221. The number of thiocarbonyl (C=S) groups is 1. The summed E-state index contributed by atoms with van der Waals surface area (Å²) in [5.74, 6) is 1.59. The monoisotopic (exact) mass is 530 g/mol. The molecule has 5 nitrogen and oxygen atoms in total. The first-order valence-corrected chi connectivity index (χ1v) is 13.5. The van der Waals surface area contributed by atoms with Crippen LogP contribution in [-0.4, -0.2) is 14.7 Å². The third kappa shape index (κ3) is 5.03. The minimum absolute atomic E-state index is 0.0657. The number of nitrogens with one attached hydrogen (secondary N) is 1. The summed E-state index contributed by atoms with van der Waals surface area (Å²) in [4.78, 5) is 6.93. The molecule has 1 saturated heterocycles. The molecule has 3 aromatic carbocycles. The zero-order chi connectivity index (χ0) is 26.8. The lowest BCUT2D eigenvalue weighted by atomic mass is 9.96. The largest absolute Gasteiger partial charge is 0.457 e. The van der Waals surface area contributed by atoms with Gasteiger partial charge in [-0.15, -0.1) is 0 Å². The Morgan fingerprint density at radius 1 is 0.821 bits per heavy atom. The van der Waals surface area contributed by atoms with E-state index in [9.17, 15) is 0 Å². The average molecular weight is 531 g/mol. The van der Waals surface area contributed by atoms with Crippen LogP contribution >= 0.6 is 12.2 Å². The summed E-state index contributed by atoms with van der Waals surface area (Å²) in [5.41, 5.74) is 6.92. The first-order valence-electron chi connectivity index (χ1n) is 13.1. The molecule has 0 bridgehead atoms. The van der Waals surface area contributed by atoms with E-state index in [1.54, 1.807) is 0 Å². The van der Waals surface area contributed by atoms with Crippen LogP contribution in [0.2, 0.25) is 0 Å². The fourth-order valence-corrected chi connectivity index (χ4v) is 5.73. The Hall–Kier alpha value is -4.42. The predicted octanol–water partition coefficient (Wildman–Crippen LogP) is 7.52. The van der Waals surface area contributed by atoms with Gasteiger partial charge in [-0.25, -0.2) is 0 Å². The smallest absolute Gasteiger partial charge is 0.174 e. The van der Waals surface area contributed by atoms with E-state index in [4.69, 9.17) is 21.9 Å². The van der Waals surface area contributed by atoms with Gasteiger partial charge in [0, 0.05) is 29.8 Å². The summed E-state index contributed by atoms with van der Waals surface area (Å²) in [6, 6.07) is 36.7. The third-order valence-electron chi connectivity index (χ3n) is 7.31. The number of aryl methyl sites for hydroxylation is 1. The number of nitrogens with zero attached hydrogens (tertiary/aromatic N) is 3. The van der Waals surface area contributed by atoms with Crippen molar-refractivity contribution in [3.8, 4) is 11.5 Å². The van der Waals surface area contributed by atoms with Gasteiger partial charge in [-0.2, -0.15) is 0 Å². The Morgan fingerprint density at radius 3 is 2.18 bits per heavy atom. The first kappa shape index (κ1) is 24.9. The van der Waals surface area contributed by atoms with Crippen molar-refractivity contribution in [2.45, 2.75) is 32.5 Å². The summed E-state index contributed by atoms with van der Waals surface area (Å²) < 4.78 is 8.42. The van der Waals surface area contributed by atoms with Gasteiger partial charge in [0.1, 0.15) is 11.5 Å². The molecule has 6 heteroatoms. The van der Waals surface area contributed by atoms with Crippen LogP contribution < -0.4 is 15.0 Å². The van der Waals surface area contributed by atoms with E-state index < -0.39 is 0 Å². The van der Waals surface area contributed by atoms with Crippen LogP contribution in [0.3, 0.4) is 0 Å². The lowest BCUT2D eigenvalue weighted by Gasteiger charge is -2.28. The molecule has 2 atom stereocenters. The molecule has 0 unspecified atom stereocenters. The first-order chi connectivity index (χ1) is 19.1. The Balaban J connectivity index is 1.38. The van der Waals surface area contributed by atoms with Gasteiger partial charge < -0.3 is 19.5 Å². The van der Waals surface area contributed by atoms with Crippen molar-refractivity contribution in [3.05, 3.63) is 144 Å². The van der Waals surface area contributed by atoms with Crippen LogP contribution in [0.15, 0.2) is 115 Å². The molecule has 0 amide bonds. The Bertz CT molecular complexity index is 1570. The second-order valence-electron chi connectivity index (χ2n) is 9.80. The lowest BCUT2D eigenvalue weighted by molar-refractivity contribution is 0.482. The van der Waals surface area contributed by atoms with E-state index in [1.807, 2.05) is 60.8 Å². The zero-order valence-corrected chi connectivity index (χ0v) is 22.8. The number of benzene rings is 3. The minimum atomic E-state index is -0.0929. The molecule has 1 N–H and O–H groups in total. The molecule has 3 heterocycles. The standard InChI is InChI=1S/C33H30N4OS/c1-23-21-29(24(2)36(23)22-25-11-5-3-6-12-25)32-31(30-15-9-10-20-34-30)35-33(39)37(32)26-16-18-28(19-17-26)38-27-13-7-4-8-14-27/h3-21,31-32H,22H2,1-2H3,(H,35,39)/t31-,32+/m1/s1. The number of hydrogen-bond donors (Lipinski definition) is 1. The van der Waals surface area contributed by atoms with Crippen molar-refractivity contribution in [3.63, 3.8) is 0 Å². The molecule has 1 aliphatic heterocycles. The fourth-order valence-electron chi connectivity index (χ4n) is 5.38. The number of aromatic nitrogens is 2. The molecule has 39 heavy (non-hydrogen) atoms. The molecule has 6 rings (SSSR count). The highest BCUT2D eigenvalue weighted by atomic mass is 32.1. The molecule has 5 aromatic rings. The number of anilines is 1. The van der Waals surface area contributed by atoms with Gasteiger partial charge in [-0.1, -0.05) is 54.6 Å². The maximum Gasteiger partial charge on any atom is 0.174 e. The normalized spacial score (nSPS) is 16.8. The third-order valence-corrected chi connectivity index (χ3v) is 7.62. The molecule has 0 radical (unpaired) electrons. The summed E-state index contributed by atoms with van der Waals surface area (Å²) >= 11 is 5.95. The van der Waals surface area contributed by atoms with E-state index in [0.717, 1.165) is 29.4 Å². The highest BCUT2D eigenvalue weighted by Crippen LogP contribution is 2.43. The Kier molecular flexibility index (Phi) is 6.86. The van der Waals surface area contributed by atoms with Gasteiger partial charge in [0.25, 0.3) is 0 Å². The van der Waals surface area contributed by atoms with Gasteiger partial charge in [-0.05, 0) is 91.8 Å². The highest BCUT2D eigenvalue weighted by molar-refractivity contribution is 7.80. The number of ether oxygens (including phenoxy) is 1. The van der Waals surface area contributed by atoms with Crippen molar-refractivity contribution in [2.24, 2.45) is 0 Å². The molecule has 0 spiro atoms. The van der Waals surface area contributed by atoms with Crippen LogP contribution in [0, 0.1) is 13.8 Å². The fraction of sp³-hybridized carbons (Fsp3) is 0.152. The lowest BCUT2D eigenvalue weighted by Crippen LogP contribution is -2.29. The zero-order valence-electron chi connectivity index (χ0n) is 22.0. The van der Waals surface area contributed by atoms with Crippen LogP contribution in [-0.2, 0) is 6.54 Å². The van der Waals surface area contributed by atoms with Crippen molar-refractivity contribution in [1.82, 2.24) is 14.9 Å². The van der Waals surface area contributed by atoms with E-state index in [-0.39, 0.29) is 12.1 Å². The van der Waals surface area contributed by atoms with Crippen molar-refractivity contribution in [2.75, 3.05) is 4.90 Å². The van der Waals surface area contributed by atoms with Crippen molar-refractivity contribution < 1.29 is 4.74 Å². The maximum atomic E-state index is 6.04. The molecule has 0 aliphatic carbocycles. The van der Waals surface area contributed by atoms with Crippen LogP contribution in [0.1, 0.15) is 40.3 Å². The second-order valence-corrected chi connectivity index (χ2v) is 10.2. The summed E-state index contributed by atoms with van der Waals surface area (Å²) in [6.45, 7) is 5.20. The van der Waals surface area contributed by atoms with Crippen molar-refractivity contribution >= 4 is 23.0 Å². The van der Waals surface area contributed by atoms with Crippen LogP contribution in [0.25, 0.3) is 0 Å². The number of para-hydroxylation sites is 1. The Morgan fingerprint density at radius 2 is 1.49 bits per heavy atom. The van der Waals surface area contributed by atoms with E-state index in [2.05, 4.69) is 83.2 Å². The molecule has 1 aliphatic rings. The molecule has 2 aromatic heterocycles. The summed E-state index contributed by atoms with van der Waals surface area (Å²) in [5, 5.41) is 4.26. The van der Waals surface area contributed by atoms with Gasteiger partial charge in [0.2, 0.25) is 0 Å². The average Bonchev–Trinajstić information content (AvgIpc) is 3.46. The number of pyridine rings is 1. The summed E-state index contributed by atoms with van der Waals surface area (Å²) in [7, 11) is 0. The molecular weight excluding hydrogens is 500 g/mol. The van der Waals surface area contributed by atoms with Crippen LogP contribution in [0.5, 0.6) is 11.5 Å². The van der Waals surface area contributed by atoms with Gasteiger partial charge >= 0.3 is 0 Å². The van der Waals surface area contributed by atoms with Gasteiger partial charge in [0.05, 0.1) is 17.8 Å². The molecular formula is C33H30N4OS. The number of hydrogen-bond acceptors (Lipinski definition) is 3. The number of rotatable bonds is 7. The SMILES string of the molecule is Cc1cc([C@H]2[C@@H](c3ccccn3)NC(=S)N2c2ccc(Oc3ccccc3)cc2)c(C)n1Cc1ccccc1. The molecule has 1 fully saturated rings. The minimum Gasteiger partial charge on any atom is -0.457 e. The van der Waals surface area contributed by atoms with Crippen LogP contribution in [0.4, 0.5) is 5.69 Å². The topological polar surface area (TPSA) is 42.3 Å². The Labute approximate surface area is 234 Å². The van der Waals surface area contributed by atoms with Crippen molar-refractivity contribution in [1.29, 1.82) is 0 Å². The summed E-state index contributed by atoms with van der Waals surface area (Å²) in [6.07, 6.45) is 1.84. The van der Waals surface area contributed by atoms with E-state index in [1.165, 1.54) is 22.5 Å².